The summed E-state index contributed by atoms with van der Waals surface area (Å²) in [7, 11) is -2.79. The molecule has 2 saturated carbocycles. The van der Waals surface area contributed by atoms with Crippen molar-refractivity contribution in [2.45, 2.75) is 126 Å². The quantitative estimate of drug-likeness (QED) is 0.207. The predicted octanol–water partition coefficient (Wildman–Crippen LogP) is 5.28. The molecule has 16 nitrogen and oxygen atoms in total. The van der Waals surface area contributed by atoms with Crippen LogP contribution in [0, 0.1) is 23.6 Å². The Kier molecular flexibility index (Phi) is 13.3. The standard InChI is InChI=1S/C44H58F4N6O10S/c1-7-26-18-25(2)10-8-9-11-27-22-43(27,39(57)52-65(59,60)42(5)12-13-42)51-36(55)32-19-28(24-54(32)38(56)35(26)50-40(58)64-41(3,4)44(46,47)48)63-37-30-20-31(45)34(61-6)21-29(30)33(23-49-37)53-14-16-62-17-15-53/h9,11,20-21,23,25-28,32,35H,7-8,10,12-19,22,24H2,1-6H3,(H,50,58)(H,51,55)(H,52,57)/b11-9-/t25-,26-,27-,28-,32+,35+,43-/m1/s1. The summed E-state index contributed by atoms with van der Waals surface area (Å²) in [6, 6.07) is -0.164. The molecule has 0 spiro atoms. The Balaban J connectivity index is 1.26. The summed E-state index contributed by atoms with van der Waals surface area (Å²) >= 11 is 0. The molecule has 3 N–H and O–H groups in total. The fourth-order valence-electron chi connectivity index (χ4n) is 8.93. The molecule has 65 heavy (non-hydrogen) atoms. The van der Waals surface area contributed by atoms with Crippen molar-refractivity contribution in [3.63, 3.8) is 0 Å². The molecule has 2 aliphatic carbocycles. The SMILES string of the molecule is CC[C@@H]1C[C@H](C)CC/C=C\[C@@H]2C[C@@]2(C(=O)NS(=O)(=O)C2(C)CC2)NC(=O)[C@@H]2C[C@@H](Oc3ncc(N4CCOCC4)c4cc(OC)c(F)cc34)CN2C(=O)[C@H]1NC(=O)OC(C)(C)C(F)(F)F. The van der Waals surface area contributed by atoms with E-state index in [0.29, 0.717) is 89.7 Å². The number of alkyl carbamates (subject to hydrolysis) is 1. The van der Waals surface area contributed by atoms with E-state index in [-0.39, 0.29) is 42.3 Å². The van der Waals surface area contributed by atoms with Crippen LogP contribution in [0.3, 0.4) is 0 Å². The highest BCUT2D eigenvalue weighted by atomic mass is 32.2. The van der Waals surface area contributed by atoms with E-state index in [0.717, 1.165) is 4.90 Å². The van der Waals surface area contributed by atoms with E-state index in [9.17, 15) is 36.0 Å². The predicted molar refractivity (Wildman–Crippen MR) is 229 cm³/mol. The van der Waals surface area contributed by atoms with Crippen molar-refractivity contribution in [1.82, 2.24) is 25.2 Å². The summed E-state index contributed by atoms with van der Waals surface area (Å²) in [6.07, 6.45) is 0.0182. The van der Waals surface area contributed by atoms with E-state index < -0.39 is 91.7 Å². The first-order valence-electron chi connectivity index (χ1n) is 22.1. The Bertz CT molecular complexity index is 2320. The van der Waals surface area contributed by atoms with Crippen LogP contribution in [0.4, 0.5) is 28.0 Å². The van der Waals surface area contributed by atoms with Gasteiger partial charge in [0, 0.05) is 36.2 Å². The first kappa shape index (κ1) is 48.0. The van der Waals surface area contributed by atoms with Gasteiger partial charge in [-0.15, -0.1) is 0 Å². The Morgan fingerprint density at radius 1 is 1.09 bits per heavy atom. The van der Waals surface area contributed by atoms with Gasteiger partial charge in [0.1, 0.15) is 23.7 Å². The number of fused-ring (bicyclic) bond motifs is 3. The van der Waals surface area contributed by atoms with Crippen LogP contribution in [-0.2, 0) is 33.9 Å². The van der Waals surface area contributed by atoms with Gasteiger partial charge in [-0.05, 0) is 83.3 Å². The lowest BCUT2D eigenvalue weighted by atomic mass is 9.85. The molecule has 4 amide bonds. The van der Waals surface area contributed by atoms with Gasteiger partial charge in [-0.1, -0.05) is 32.4 Å². The van der Waals surface area contributed by atoms with Gasteiger partial charge in [0.25, 0.3) is 5.91 Å². The van der Waals surface area contributed by atoms with Crippen LogP contribution in [0.15, 0.2) is 30.5 Å². The summed E-state index contributed by atoms with van der Waals surface area (Å²) in [5.41, 5.74) is -3.97. The Morgan fingerprint density at radius 3 is 2.45 bits per heavy atom. The number of carbonyl (C=O) groups excluding carboxylic acids is 4. The third-order valence-corrected chi connectivity index (χ3v) is 15.8. The summed E-state index contributed by atoms with van der Waals surface area (Å²) in [4.78, 5) is 65.0. The maximum atomic E-state index is 15.4. The van der Waals surface area contributed by atoms with Gasteiger partial charge in [0.2, 0.25) is 33.3 Å². The average Bonchev–Trinajstić information content (AvgIpc) is 4.13. The second-order valence-corrected chi connectivity index (χ2v) is 20.9. The number of allylic oxidation sites excluding steroid dienone is 1. The number of hydrogen-bond donors (Lipinski definition) is 3. The first-order valence-corrected chi connectivity index (χ1v) is 23.6. The maximum absolute atomic E-state index is 15.4. The minimum absolute atomic E-state index is 0.0288. The van der Waals surface area contributed by atoms with Crippen molar-refractivity contribution in [2.24, 2.45) is 17.8 Å². The Labute approximate surface area is 375 Å². The highest BCUT2D eigenvalue weighted by Gasteiger charge is 2.63. The number of nitrogens with one attached hydrogen (secondary N) is 3. The fraction of sp³-hybridized carbons (Fsp3) is 0.659. The van der Waals surface area contributed by atoms with E-state index in [1.807, 2.05) is 17.9 Å². The second-order valence-electron chi connectivity index (χ2n) is 18.8. The molecule has 2 aromatic rings. The molecule has 1 aromatic heterocycles. The van der Waals surface area contributed by atoms with Crippen LogP contribution in [0.1, 0.15) is 86.0 Å². The number of hydrogen-bond acceptors (Lipinski definition) is 12. The van der Waals surface area contributed by atoms with Crippen molar-refractivity contribution in [3.8, 4) is 11.6 Å². The molecule has 7 rings (SSSR count). The molecule has 358 valence electrons. The number of halogens is 4. The fourth-order valence-corrected chi connectivity index (χ4v) is 10.2. The summed E-state index contributed by atoms with van der Waals surface area (Å²) in [5.74, 6) is -4.67. The second kappa shape index (κ2) is 18.0. The lowest BCUT2D eigenvalue weighted by Gasteiger charge is -2.35. The van der Waals surface area contributed by atoms with E-state index >= 15 is 9.18 Å². The highest BCUT2D eigenvalue weighted by molar-refractivity contribution is 7.91. The molecule has 3 aliphatic heterocycles. The number of sulfonamides is 1. The molecule has 0 radical (unpaired) electrons. The van der Waals surface area contributed by atoms with E-state index in [2.05, 4.69) is 20.3 Å². The summed E-state index contributed by atoms with van der Waals surface area (Å²) in [6.45, 7) is 8.25. The molecule has 21 heteroatoms. The molecule has 7 atom stereocenters. The number of morpholine rings is 1. The Morgan fingerprint density at radius 2 is 1.80 bits per heavy atom. The molecular weight excluding hydrogens is 881 g/mol. The van der Waals surface area contributed by atoms with E-state index in [1.165, 1.54) is 26.2 Å². The zero-order valence-corrected chi connectivity index (χ0v) is 38.2. The smallest absolute Gasteiger partial charge is 0.427 e. The van der Waals surface area contributed by atoms with Gasteiger partial charge in [-0.3, -0.25) is 19.1 Å². The number of benzene rings is 1. The molecule has 2 saturated heterocycles. The van der Waals surface area contributed by atoms with Crippen LogP contribution in [0.2, 0.25) is 0 Å². The summed E-state index contributed by atoms with van der Waals surface area (Å²) in [5, 5.41) is 6.01. The highest BCUT2D eigenvalue weighted by Crippen LogP contribution is 2.48. The number of amides is 4. The van der Waals surface area contributed by atoms with Crippen molar-refractivity contribution in [1.29, 1.82) is 0 Å². The van der Waals surface area contributed by atoms with Crippen LogP contribution in [0.5, 0.6) is 11.6 Å². The van der Waals surface area contributed by atoms with Crippen LogP contribution in [0.25, 0.3) is 10.8 Å². The van der Waals surface area contributed by atoms with Crippen molar-refractivity contribution < 1.29 is 64.1 Å². The van der Waals surface area contributed by atoms with Gasteiger partial charge in [-0.25, -0.2) is 22.6 Å². The van der Waals surface area contributed by atoms with Gasteiger partial charge >= 0.3 is 12.3 Å². The normalized spacial score (nSPS) is 29.0. The van der Waals surface area contributed by atoms with E-state index in [4.69, 9.17) is 18.9 Å². The molecule has 4 heterocycles. The lowest BCUT2D eigenvalue weighted by Crippen LogP contribution is -2.60. The van der Waals surface area contributed by atoms with Crippen molar-refractivity contribution in [3.05, 3.63) is 36.3 Å². The third-order valence-electron chi connectivity index (χ3n) is 13.6. The number of ether oxygens (including phenoxy) is 4. The Hall–Kier alpha value is -4.92. The van der Waals surface area contributed by atoms with Crippen molar-refractivity contribution in [2.75, 3.05) is 44.9 Å². The first-order chi connectivity index (χ1) is 30.5. The molecule has 0 bridgehead atoms. The number of carbonyl (C=O) groups is 4. The topological polar surface area (TPSA) is 195 Å². The van der Waals surface area contributed by atoms with E-state index in [1.54, 1.807) is 19.2 Å². The zero-order valence-electron chi connectivity index (χ0n) is 37.4. The van der Waals surface area contributed by atoms with Gasteiger partial charge in [0.15, 0.2) is 11.6 Å². The number of aromatic nitrogens is 1. The minimum atomic E-state index is -4.95. The van der Waals surface area contributed by atoms with Crippen molar-refractivity contribution >= 4 is 50.3 Å². The number of methoxy groups -OCH3 is 1. The number of rotatable bonds is 10. The molecule has 0 unspecified atom stereocenters. The number of nitrogens with zero attached hydrogens (tertiary/aromatic N) is 3. The van der Waals surface area contributed by atoms with Crippen LogP contribution >= 0.6 is 0 Å². The molecule has 1 aromatic carbocycles. The molecule has 4 fully saturated rings. The van der Waals surface area contributed by atoms with Gasteiger partial charge in [0.05, 0.1) is 43.5 Å². The minimum Gasteiger partial charge on any atom is -0.494 e. The van der Waals surface area contributed by atoms with Gasteiger partial charge < -0.3 is 39.4 Å². The number of alkyl halides is 3. The van der Waals surface area contributed by atoms with Gasteiger partial charge in [-0.2, -0.15) is 13.2 Å². The monoisotopic (exact) mass is 938 g/mol. The average molecular weight is 939 g/mol. The number of anilines is 1. The lowest BCUT2D eigenvalue weighted by molar-refractivity contribution is -0.244. The molecular formula is C44H58F4N6O10S. The maximum Gasteiger partial charge on any atom is 0.427 e. The van der Waals surface area contributed by atoms with Crippen LogP contribution in [-0.4, -0.2) is 122 Å². The largest absolute Gasteiger partial charge is 0.494 e. The molecule has 5 aliphatic rings. The summed E-state index contributed by atoms with van der Waals surface area (Å²) < 4.78 is 107. The third kappa shape index (κ3) is 9.81. The zero-order chi connectivity index (χ0) is 47.3. The van der Waals surface area contributed by atoms with Crippen LogP contribution < -0.4 is 29.7 Å². The number of pyridine rings is 1.